The van der Waals surface area contributed by atoms with Crippen LogP contribution in [0.2, 0.25) is 0 Å². The van der Waals surface area contributed by atoms with Crippen molar-refractivity contribution in [1.29, 1.82) is 0 Å². The lowest BCUT2D eigenvalue weighted by Crippen LogP contribution is -2.02. The molecule has 0 fully saturated rings. The van der Waals surface area contributed by atoms with E-state index in [2.05, 4.69) is 34.9 Å². The number of carboxylic acids is 1. The van der Waals surface area contributed by atoms with Crippen LogP contribution in [-0.4, -0.2) is 15.6 Å². The van der Waals surface area contributed by atoms with Crippen LogP contribution >= 0.6 is 0 Å². The molecule has 0 unspecified atom stereocenters. The molecule has 0 aliphatic heterocycles. The minimum Gasteiger partial charge on any atom is -0.489 e. The summed E-state index contributed by atoms with van der Waals surface area (Å²) in [6.45, 7) is 1.13. The van der Waals surface area contributed by atoms with Gasteiger partial charge in [-0.1, -0.05) is 66.7 Å². The normalized spacial score (nSPS) is 11.4. The molecule has 5 aromatic rings. The van der Waals surface area contributed by atoms with Crippen LogP contribution < -0.4 is 4.74 Å². The number of aliphatic carboxylic acids is 1. The van der Waals surface area contributed by atoms with Crippen molar-refractivity contribution in [1.82, 2.24) is 4.57 Å². The van der Waals surface area contributed by atoms with Gasteiger partial charge in [0.25, 0.3) is 0 Å². The number of carboxylic acid groups (broad SMARTS) is 1. The van der Waals surface area contributed by atoms with Crippen molar-refractivity contribution in [2.75, 3.05) is 0 Å². The molecular weight excluding hydrogens is 410 g/mol. The summed E-state index contributed by atoms with van der Waals surface area (Å²) in [5.41, 5.74) is 4.12. The van der Waals surface area contributed by atoms with E-state index in [-0.39, 0.29) is 0 Å². The zero-order chi connectivity index (χ0) is 22.6. The zero-order valence-electron chi connectivity index (χ0n) is 18.0. The third-order valence-corrected chi connectivity index (χ3v) is 5.70. The smallest absolute Gasteiger partial charge is 0.328 e. The van der Waals surface area contributed by atoms with E-state index in [4.69, 9.17) is 9.84 Å². The van der Waals surface area contributed by atoms with Crippen molar-refractivity contribution in [2.45, 2.75) is 13.2 Å². The lowest BCUT2D eigenvalue weighted by molar-refractivity contribution is -0.131. The molecule has 33 heavy (non-hydrogen) atoms. The SMILES string of the molecule is O=C(O)C=Cc1cc2cc(OCc3ccccc3)ccc2n1Cc1ccc2ccccc2c1. The molecule has 0 saturated heterocycles. The Labute approximate surface area is 192 Å². The Morgan fingerprint density at radius 2 is 1.58 bits per heavy atom. The number of fused-ring (bicyclic) bond motifs is 2. The van der Waals surface area contributed by atoms with Crippen molar-refractivity contribution in [2.24, 2.45) is 0 Å². The second kappa shape index (κ2) is 9.05. The summed E-state index contributed by atoms with van der Waals surface area (Å²) in [5.74, 6) is -0.188. The van der Waals surface area contributed by atoms with E-state index in [1.165, 1.54) is 16.8 Å². The van der Waals surface area contributed by atoms with Crippen molar-refractivity contribution in [3.63, 3.8) is 0 Å². The summed E-state index contributed by atoms with van der Waals surface area (Å²) in [6.07, 6.45) is 2.83. The maximum Gasteiger partial charge on any atom is 0.328 e. The molecule has 0 atom stereocenters. The highest BCUT2D eigenvalue weighted by molar-refractivity contribution is 5.89. The van der Waals surface area contributed by atoms with E-state index in [1.807, 2.05) is 66.7 Å². The maximum absolute atomic E-state index is 11.2. The van der Waals surface area contributed by atoms with Crippen molar-refractivity contribution in [3.05, 3.63) is 120 Å². The summed E-state index contributed by atoms with van der Waals surface area (Å²) in [7, 11) is 0. The molecule has 162 valence electrons. The van der Waals surface area contributed by atoms with E-state index < -0.39 is 5.97 Å². The van der Waals surface area contributed by atoms with Gasteiger partial charge >= 0.3 is 5.97 Å². The van der Waals surface area contributed by atoms with Gasteiger partial charge in [-0.05, 0) is 58.3 Å². The highest BCUT2D eigenvalue weighted by Crippen LogP contribution is 2.28. The molecule has 0 spiro atoms. The summed E-state index contributed by atoms with van der Waals surface area (Å²) in [4.78, 5) is 11.2. The van der Waals surface area contributed by atoms with E-state index in [0.29, 0.717) is 13.2 Å². The molecule has 1 heterocycles. The first kappa shape index (κ1) is 20.6. The second-order valence-corrected chi connectivity index (χ2v) is 8.00. The largest absolute Gasteiger partial charge is 0.489 e. The first-order valence-corrected chi connectivity index (χ1v) is 10.8. The highest BCUT2D eigenvalue weighted by atomic mass is 16.5. The van der Waals surface area contributed by atoms with Gasteiger partial charge in [-0.3, -0.25) is 0 Å². The Balaban J connectivity index is 1.49. The number of benzene rings is 4. The molecule has 0 saturated carbocycles. The van der Waals surface area contributed by atoms with Gasteiger partial charge < -0.3 is 14.4 Å². The minimum absolute atomic E-state index is 0.496. The Morgan fingerprint density at radius 1 is 0.788 bits per heavy atom. The Bertz CT molecular complexity index is 1460. The lowest BCUT2D eigenvalue weighted by Gasteiger charge is -2.11. The van der Waals surface area contributed by atoms with Crippen molar-refractivity contribution < 1.29 is 14.6 Å². The molecular formula is C29H23NO3. The Kier molecular flexibility index (Phi) is 5.64. The van der Waals surface area contributed by atoms with E-state index in [9.17, 15) is 4.79 Å². The molecule has 4 heteroatoms. The van der Waals surface area contributed by atoms with Crippen molar-refractivity contribution >= 4 is 33.7 Å². The minimum atomic E-state index is -0.968. The quantitative estimate of drug-likeness (QED) is 0.297. The van der Waals surface area contributed by atoms with E-state index >= 15 is 0 Å². The van der Waals surface area contributed by atoms with Crippen LogP contribution in [0.15, 0.2) is 103 Å². The average molecular weight is 434 g/mol. The molecule has 5 rings (SSSR count). The molecule has 4 nitrogen and oxygen atoms in total. The number of nitrogens with zero attached hydrogens (tertiary/aromatic N) is 1. The van der Waals surface area contributed by atoms with Gasteiger partial charge in [0.15, 0.2) is 0 Å². The van der Waals surface area contributed by atoms with Crippen LogP contribution in [-0.2, 0) is 17.9 Å². The first-order chi connectivity index (χ1) is 16.2. The Morgan fingerprint density at radius 3 is 2.39 bits per heavy atom. The topological polar surface area (TPSA) is 51.5 Å². The van der Waals surface area contributed by atoms with Crippen LogP contribution in [0.3, 0.4) is 0 Å². The fraction of sp³-hybridized carbons (Fsp3) is 0.0690. The van der Waals surface area contributed by atoms with Gasteiger partial charge in [-0.2, -0.15) is 0 Å². The number of rotatable bonds is 7. The lowest BCUT2D eigenvalue weighted by atomic mass is 10.1. The third-order valence-electron chi connectivity index (χ3n) is 5.70. The van der Waals surface area contributed by atoms with Crippen LogP contribution in [0, 0.1) is 0 Å². The monoisotopic (exact) mass is 433 g/mol. The number of hydrogen-bond donors (Lipinski definition) is 1. The predicted molar refractivity (Wildman–Crippen MR) is 132 cm³/mol. The van der Waals surface area contributed by atoms with Crippen LogP contribution in [0.25, 0.3) is 27.8 Å². The number of ether oxygens (including phenoxy) is 1. The van der Waals surface area contributed by atoms with Gasteiger partial charge in [0.2, 0.25) is 0 Å². The molecule has 0 bridgehead atoms. The van der Waals surface area contributed by atoms with Crippen LogP contribution in [0.1, 0.15) is 16.8 Å². The predicted octanol–water partition coefficient (Wildman–Crippen LogP) is 6.52. The second-order valence-electron chi connectivity index (χ2n) is 8.00. The number of carbonyl (C=O) groups is 1. The van der Waals surface area contributed by atoms with Crippen LogP contribution in [0.5, 0.6) is 5.75 Å². The molecule has 0 amide bonds. The summed E-state index contributed by atoms with van der Waals surface area (Å²) in [5, 5.41) is 12.5. The van der Waals surface area contributed by atoms with Gasteiger partial charge in [0.05, 0.1) is 0 Å². The zero-order valence-corrected chi connectivity index (χ0v) is 18.0. The van der Waals surface area contributed by atoms with E-state index in [1.54, 1.807) is 6.08 Å². The van der Waals surface area contributed by atoms with Gasteiger partial charge in [-0.25, -0.2) is 4.79 Å². The number of aromatic nitrogens is 1. The van der Waals surface area contributed by atoms with Gasteiger partial charge in [0, 0.05) is 29.2 Å². The van der Waals surface area contributed by atoms with Gasteiger partial charge in [-0.15, -0.1) is 0 Å². The molecule has 0 radical (unpaired) electrons. The third kappa shape index (κ3) is 4.65. The van der Waals surface area contributed by atoms with E-state index in [0.717, 1.165) is 33.5 Å². The maximum atomic E-state index is 11.2. The summed E-state index contributed by atoms with van der Waals surface area (Å²) in [6, 6.07) is 32.8. The van der Waals surface area contributed by atoms with Gasteiger partial charge in [0.1, 0.15) is 12.4 Å². The molecule has 0 aliphatic rings. The standard InChI is InChI=1S/C29H23NO3/c31-29(32)15-12-26-17-25-18-27(33-20-21-6-2-1-3-7-21)13-14-28(25)30(26)19-22-10-11-23-8-4-5-9-24(23)16-22/h1-18H,19-20H2,(H,31,32). The fourth-order valence-corrected chi connectivity index (χ4v) is 4.09. The number of hydrogen-bond acceptors (Lipinski definition) is 2. The molecule has 0 aliphatic carbocycles. The van der Waals surface area contributed by atoms with Crippen molar-refractivity contribution in [3.8, 4) is 5.75 Å². The van der Waals surface area contributed by atoms with Crippen LogP contribution in [0.4, 0.5) is 0 Å². The molecule has 1 aromatic heterocycles. The summed E-state index contributed by atoms with van der Waals surface area (Å²) < 4.78 is 8.13. The first-order valence-electron chi connectivity index (χ1n) is 10.8. The highest BCUT2D eigenvalue weighted by Gasteiger charge is 2.10. The fourth-order valence-electron chi connectivity index (χ4n) is 4.09. The Hall–Kier alpha value is -4.31. The summed E-state index contributed by atoms with van der Waals surface area (Å²) >= 11 is 0. The molecule has 4 aromatic carbocycles. The molecule has 1 N–H and O–H groups in total. The average Bonchev–Trinajstić information content (AvgIpc) is 3.18.